The summed E-state index contributed by atoms with van der Waals surface area (Å²) in [6.45, 7) is 9.30. The van der Waals surface area contributed by atoms with Gasteiger partial charge < -0.3 is 4.52 Å². The average Bonchev–Trinajstić information content (AvgIpc) is 2.74. The van der Waals surface area contributed by atoms with Gasteiger partial charge in [-0.25, -0.2) is 5.84 Å². The maximum absolute atomic E-state index is 11.2. The van der Waals surface area contributed by atoms with Crippen LogP contribution in [0.1, 0.15) is 43.9 Å². The van der Waals surface area contributed by atoms with Gasteiger partial charge in [0, 0.05) is 12.1 Å². The summed E-state index contributed by atoms with van der Waals surface area (Å²) in [7, 11) is 2.01. The molecule has 0 saturated carbocycles. The van der Waals surface area contributed by atoms with Crippen molar-refractivity contribution in [3.63, 3.8) is 0 Å². The number of nitrogens with one attached hydrogen (secondary N) is 1. The molecular weight excluding hydrogens is 232 g/mol. The van der Waals surface area contributed by atoms with E-state index in [0.717, 1.165) is 0 Å². The lowest BCUT2D eigenvalue weighted by Crippen LogP contribution is -2.38. The summed E-state index contributed by atoms with van der Waals surface area (Å²) in [4.78, 5) is 13.4. The van der Waals surface area contributed by atoms with Crippen molar-refractivity contribution in [1.29, 1.82) is 0 Å². The number of carbonyl (C=O) groups is 1. The molecule has 6 heteroatoms. The Morgan fingerprint density at radius 1 is 1.61 bits per heavy atom. The first kappa shape index (κ1) is 14.7. The van der Waals surface area contributed by atoms with Crippen molar-refractivity contribution in [2.75, 3.05) is 7.05 Å². The van der Waals surface area contributed by atoms with E-state index >= 15 is 0 Å². The van der Waals surface area contributed by atoms with E-state index in [1.165, 1.54) is 0 Å². The molecule has 0 aliphatic rings. The number of hydrogen-bond donors (Lipinski definition) is 2. The summed E-state index contributed by atoms with van der Waals surface area (Å²) < 4.78 is 5.11. The number of aromatic nitrogens is 1. The molecule has 0 bridgehead atoms. The van der Waals surface area contributed by atoms with Gasteiger partial charge in [0.15, 0.2) is 11.5 Å². The summed E-state index contributed by atoms with van der Waals surface area (Å²) in [5.74, 6) is 5.23. The fraction of sp³-hybridized carbons (Fsp3) is 0.667. The Morgan fingerprint density at radius 2 is 2.22 bits per heavy atom. The second kappa shape index (κ2) is 5.49. The lowest BCUT2D eigenvalue weighted by molar-refractivity contribution is 0.0944. The highest BCUT2D eigenvalue weighted by Gasteiger charge is 2.24. The second-order valence-electron chi connectivity index (χ2n) is 5.61. The van der Waals surface area contributed by atoms with E-state index < -0.39 is 5.91 Å². The highest BCUT2D eigenvalue weighted by molar-refractivity contribution is 5.91. The monoisotopic (exact) mass is 254 g/mol. The van der Waals surface area contributed by atoms with Crippen molar-refractivity contribution in [3.8, 4) is 0 Å². The molecule has 1 amide bonds. The second-order valence-corrected chi connectivity index (χ2v) is 5.61. The van der Waals surface area contributed by atoms with Crippen LogP contribution in [0.5, 0.6) is 0 Å². The van der Waals surface area contributed by atoms with Crippen molar-refractivity contribution in [2.45, 2.75) is 40.3 Å². The minimum absolute atomic E-state index is 0.173. The number of nitrogen functional groups attached to an aromatic ring is 1. The Hall–Kier alpha value is -1.40. The minimum Gasteiger partial charge on any atom is -0.359 e. The first-order valence-electron chi connectivity index (χ1n) is 5.92. The Balaban J connectivity index is 2.68. The van der Waals surface area contributed by atoms with Crippen molar-refractivity contribution in [3.05, 3.63) is 17.5 Å². The van der Waals surface area contributed by atoms with Crippen LogP contribution in [0.2, 0.25) is 0 Å². The number of carbonyl (C=O) groups excluding carboxylic acids is 1. The molecule has 0 aromatic carbocycles. The third-order valence-electron chi connectivity index (χ3n) is 3.24. The van der Waals surface area contributed by atoms with Crippen LogP contribution in [0.3, 0.4) is 0 Å². The van der Waals surface area contributed by atoms with Gasteiger partial charge in [0.2, 0.25) is 0 Å². The van der Waals surface area contributed by atoms with Crippen molar-refractivity contribution in [2.24, 2.45) is 11.3 Å². The highest BCUT2D eigenvalue weighted by atomic mass is 16.5. The average molecular weight is 254 g/mol. The van der Waals surface area contributed by atoms with Crippen LogP contribution in [0, 0.1) is 5.41 Å². The molecule has 102 valence electrons. The number of hydrogen-bond acceptors (Lipinski definition) is 5. The van der Waals surface area contributed by atoms with Gasteiger partial charge in [-0.3, -0.25) is 15.1 Å². The summed E-state index contributed by atoms with van der Waals surface area (Å²) in [5, 5.41) is 3.67. The fourth-order valence-corrected chi connectivity index (χ4v) is 1.61. The zero-order chi connectivity index (χ0) is 13.9. The molecule has 0 aliphatic heterocycles. The Morgan fingerprint density at radius 3 is 2.72 bits per heavy atom. The molecule has 0 spiro atoms. The van der Waals surface area contributed by atoms with E-state index in [2.05, 4.69) is 37.8 Å². The zero-order valence-corrected chi connectivity index (χ0v) is 11.7. The van der Waals surface area contributed by atoms with E-state index in [1.54, 1.807) is 6.07 Å². The van der Waals surface area contributed by atoms with Gasteiger partial charge in [-0.15, -0.1) is 0 Å². The lowest BCUT2D eigenvalue weighted by Gasteiger charge is -2.34. The lowest BCUT2D eigenvalue weighted by atomic mass is 9.87. The molecule has 1 aromatic heterocycles. The number of rotatable bonds is 4. The van der Waals surface area contributed by atoms with Crippen molar-refractivity contribution < 1.29 is 9.32 Å². The molecule has 1 heterocycles. The first-order chi connectivity index (χ1) is 8.25. The van der Waals surface area contributed by atoms with Crippen LogP contribution < -0.4 is 11.3 Å². The molecule has 18 heavy (non-hydrogen) atoms. The Kier molecular flexibility index (Phi) is 4.48. The van der Waals surface area contributed by atoms with E-state index in [9.17, 15) is 4.79 Å². The highest BCUT2D eigenvalue weighted by Crippen LogP contribution is 2.24. The van der Waals surface area contributed by atoms with Crippen LogP contribution in [-0.2, 0) is 6.54 Å². The van der Waals surface area contributed by atoms with E-state index in [-0.39, 0.29) is 11.1 Å². The minimum atomic E-state index is -0.448. The number of amides is 1. The Labute approximate surface area is 107 Å². The molecule has 1 aromatic rings. The third-order valence-corrected chi connectivity index (χ3v) is 3.24. The number of nitrogens with zero attached hydrogens (tertiary/aromatic N) is 2. The molecule has 6 nitrogen and oxygen atoms in total. The quantitative estimate of drug-likeness (QED) is 0.478. The van der Waals surface area contributed by atoms with Crippen LogP contribution in [0.4, 0.5) is 0 Å². The molecule has 1 rings (SSSR count). The molecule has 3 N–H and O–H groups in total. The maximum Gasteiger partial charge on any atom is 0.287 e. The normalized spacial score (nSPS) is 13.7. The molecule has 0 saturated heterocycles. The van der Waals surface area contributed by atoms with Crippen LogP contribution in [0.25, 0.3) is 0 Å². The van der Waals surface area contributed by atoms with E-state index in [0.29, 0.717) is 18.3 Å². The SMILES string of the molecule is CC(N(C)Cc1cc(C(=O)NN)no1)C(C)(C)C. The molecule has 0 radical (unpaired) electrons. The molecule has 1 atom stereocenters. The van der Waals surface area contributed by atoms with Gasteiger partial charge in [0.1, 0.15) is 0 Å². The van der Waals surface area contributed by atoms with Gasteiger partial charge in [-0.2, -0.15) is 0 Å². The van der Waals surface area contributed by atoms with Crippen molar-refractivity contribution in [1.82, 2.24) is 15.5 Å². The maximum atomic E-state index is 11.2. The third kappa shape index (κ3) is 3.54. The summed E-state index contributed by atoms with van der Waals surface area (Å²) >= 11 is 0. The zero-order valence-electron chi connectivity index (χ0n) is 11.7. The predicted molar refractivity (Wildman–Crippen MR) is 68.5 cm³/mol. The first-order valence-corrected chi connectivity index (χ1v) is 5.92. The van der Waals surface area contributed by atoms with Gasteiger partial charge in [-0.05, 0) is 19.4 Å². The number of hydrazine groups is 1. The smallest absolute Gasteiger partial charge is 0.287 e. The Bertz CT molecular complexity index is 408. The summed E-state index contributed by atoms with van der Waals surface area (Å²) in [5.41, 5.74) is 2.39. The fourth-order valence-electron chi connectivity index (χ4n) is 1.61. The summed E-state index contributed by atoms with van der Waals surface area (Å²) in [6.07, 6.45) is 0. The molecular formula is C12H22N4O2. The molecule has 0 fully saturated rings. The number of nitrogens with two attached hydrogens (primary N) is 1. The topological polar surface area (TPSA) is 84.4 Å². The van der Waals surface area contributed by atoms with Gasteiger partial charge in [0.25, 0.3) is 5.91 Å². The van der Waals surface area contributed by atoms with E-state index in [4.69, 9.17) is 10.4 Å². The van der Waals surface area contributed by atoms with Crippen LogP contribution in [-0.4, -0.2) is 29.1 Å². The standard InChI is InChI=1S/C12H22N4O2/c1-8(12(2,3)4)16(5)7-9-6-10(15-18-9)11(17)14-13/h6,8H,7,13H2,1-5H3,(H,14,17). The van der Waals surface area contributed by atoms with Crippen LogP contribution >= 0.6 is 0 Å². The molecule has 1 unspecified atom stereocenters. The van der Waals surface area contributed by atoms with Crippen LogP contribution in [0.15, 0.2) is 10.6 Å². The van der Waals surface area contributed by atoms with Crippen molar-refractivity contribution >= 4 is 5.91 Å². The van der Waals surface area contributed by atoms with Gasteiger partial charge in [-0.1, -0.05) is 25.9 Å². The largest absolute Gasteiger partial charge is 0.359 e. The van der Waals surface area contributed by atoms with Gasteiger partial charge in [0.05, 0.1) is 6.54 Å². The summed E-state index contributed by atoms with van der Waals surface area (Å²) in [6, 6.07) is 1.98. The predicted octanol–water partition coefficient (Wildman–Crippen LogP) is 1.14. The van der Waals surface area contributed by atoms with Gasteiger partial charge >= 0.3 is 0 Å². The van der Waals surface area contributed by atoms with E-state index in [1.807, 2.05) is 12.5 Å². The molecule has 0 aliphatic carbocycles.